The van der Waals surface area contributed by atoms with Crippen LogP contribution in [0.15, 0.2) is 24.7 Å². The summed E-state index contributed by atoms with van der Waals surface area (Å²) >= 11 is 0. The van der Waals surface area contributed by atoms with Gasteiger partial charge in [0, 0.05) is 30.4 Å². The van der Waals surface area contributed by atoms with Crippen LogP contribution in [0.1, 0.15) is 31.0 Å². The average Bonchev–Trinajstić information content (AvgIpc) is 2.83. The van der Waals surface area contributed by atoms with Crippen LogP contribution in [-0.4, -0.2) is 16.1 Å². The number of benzene rings is 1. The molecule has 0 fully saturated rings. The zero-order valence-electron chi connectivity index (χ0n) is 11.9. The molecule has 0 bridgehead atoms. The number of hydrogen-bond donors (Lipinski definition) is 1. The molecule has 1 aromatic heterocycles. The molecule has 0 aliphatic carbocycles. The quantitative estimate of drug-likeness (QED) is 0.934. The van der Waals surface area contributed by atoms with E-state index < -0.39 is 11.6 Å². The Morgan fingerprint density at radius 3 is 2.55 bits per heavy atom. The molecule has 1 atom stereocenters. The van der Waals surface area contributed by atoms with Crippen molar-refractivity contribution < 1.29 is 8.78 Å². The summed E-state index contributed by atoms with van der Waals surface area (Å²) < 4.78 is 29.4. The minimum absolute atomic E-state index is 0.0428. The summed E-state index contributed by atoms with van der Waals surface area (Å²) in [6.45, 7) is 6.05. The summed E-state index contributed by atoms with van der Waals surface area (Å²) in [5.41, 5.74) is 7.04. The molecule has 20 heavy (non-hydrogen) atoms. The number of hydrogen-bond acceptors (Lipinski definition) is 2. The summed E-state index contributed by atoms with van der Waals surface area (Å²) in [6, 6.07) is 2.39. The third-order valence-electron chi connectivity index (χ3n) is 3.59. The summed E-state index contributed by atoms with van der Waals surface area (Å²) in [4.78, 5) is 4.06. The van der Waals surface area contributed by atoms with Crippen molar-refractivity contribution in [2.45, 2.75) is 26.7 Å². The molecule has 0 aliphatic heterocycles. The van der Waals surface area contributed by atoms with E-state index in [1.807, 2.05) is 13.8 Å². The van der Waals surface area contributed by atoms with Gasteiger partial charge in [-0.2, -0.15) is 0 Å². The van der Waals surface area contributed by atoms with Crippen LogP contribution in [0.25, 0.3) is 5.69 Å². The van der Waals surface area contributed by atoms with Gasteiger partial charge in [-0.05, 0) is 24.5 Å². The van der Waals surface area contributed by atoms with E-state index >= 15 is 0 Å². The first-order valence-electron chi connectivity index (χ1n) is 6.64. The fourth-order valence-electron chi connectivity index (χ4n) is 2.34. The maximum Gasteiger partial charge on any atom is 0.147 e. The number of nitrogens with zero attached hydrogens (tertiary/aromatic N) is 2. The highest BCUT2D eigenvalue weighted by Gasteiger charge is 2.20. The van der Waals surface area contributed by atoms with Crippen LogP contribution in [-0.2, 0) is 0 Å². The molecule has 2 aromatic rings. The van der Waals surface area contributed by atoms with Crippen molar-refractivity contribution in [3.63, 3.8) is 0 Å². The van der Waals surface area contributed by atoms with Crippen molar-refractivity contribution in [3.05, 3.63) is 47.5 Å². The molecular weight excluding hydrogens is 260 g/mol. The van der Waals surface area contributed by atoms with E-state index in [0.29, 0.717) is 6.54 Å². The maximum atomic E-state index is 14.1. The van der Waals surface area contributed by atoms with Crippen molar-refractivity contribution in [3.8, 4) is 5.69 Å². The first-order valence-corrected chi connectivity index (χ1v) is 6.64. The number of imidazole rings is 1. The molecule has 0 saturated carbocycles. The summed E-state index contributed by atoms with van der Waals surface area (Å²) in [5, 5.41) is 0. The standard InChI is InChI=1S/C15H19F2N3/c1-9(2)11(6-18)15-7-19-8-20(15)14-5-12(16)10(3)4-13(14)17/h4-5,7-9,11H,6,18H2,1-3H3. The molecule has 2 rings (SSSR count). The molecule has 0 amide bonds. The molecule has 0 saturated heterocycles. The van der Waals surface area contributed by atoms with Crippen molar-refractivity contribution in [1.29, 1.82) is 0 Å². The topological polar surface area (TPSA) is 43.8 Å². The van der Waals surface area contributed by atoms with Gasteiger partial charge in [0.05, 0.1) is 12.0 Å². The monoisotopic (exact) mass is 279 g/mol. The third-order valence-corrected chi connectivity index (χ3v) is 3.59. The van der Waals surface area contributed by atoms with Crippen LogP contribution in [0.5, 0.6) is 0 Å². The smallest absolute Gasteiger partial charge is 0.147 e. The van der Waals surface area contributed by atoms with Gasteiger partial charge >= 0.3 is 0 Å². The zero-order chi connectivity index (χ0) is 14.9. The lowest BCUT2D eigenvalue weighted by molar-refractivity contribution is 0.487. The van der Waals surface area contributed by atoms with E-state index in [1.165, 1.54) is 25.4 Å². The SMILES string of the molecule is Cc1cc(F)c(-n2cncc2C(CN)C(C)C)cc1F. The first kappa shape index (κ1) is 14.7. The second kappa shape index (κ2) is 5.71. The van der Waals surface area contributed by atoms with E-state index in [0.717, 1.165) is 5.69 Å². The van der Waals surface area contributed by atoms with E-state index in [2.05, 4.69) is 4.98 Å². The molecule has 2 N–H and O–H groups in total. The highest BCUT2D eigenvalue weighted by atomic mass is 19.1. The van der Waals surface area contributed by atoms with Gasteiger partial charge in [0.2, 0.25) is 0 Å². The number of rotatable bonds is 4. The number of aryl methyl sites for hydroxylation is 1. The zero-order valence-corrected chi connectivity index (χ0v) is 11.9. The predicted octanol–water partition coefficient (Wildman–Crippen LogP) is 3.16. The minimum atomic E-state index is -0.470. The number of halogens is 2. The molecule has 1 heterocycles. The van der Waals surface area contributed by atoms with Crippen LogP contribution in [0.2, 0.25) is 0 Å². The lowest BCUT2D eigenvalue weighted by atomic mass is 9.93. The predicted molar refractivity (Wildman–Crippen MR) is 74.9 cm³/mol. The van der Waals surface area contributed by atoms with Gasteiger partial charge < -0.3 is 5.73 Å². The second-order valence-corrected chi connectivity index (χ2v) is 5.33. The molecule has 0 aliphatic rings. The lowest BCUT2D eigenvalue weighted by Crippen LogP contribution is -2.20. The van der Waals surface area contributed by atoms with Gasteiger partial charge in [0.25, 0.3) is 0 Å². The van der Waals surface area contributed by atoms with Gasteiger partial charge in [-0.1, -0.05) is 13.8 Å². The van der Waals surface area contributed by atoms with Crippen molar-refractivity contribution in [1.82, 2.24) is 9.55 Å². The van der Waals surface area contributed by atoms with Crippen LogP contribution in [0.4, 0.5) is 8.78 Å². The van der Waals surface area contributed by atoms with Crippen LogP contribution < -0.4 is 5.73 Å². The van der Waals surface area contributed by atoms with Crippen molar-refractivity contribution in [2.75, 3.05) is 6.54 Å². The Hall–Kier alpha value is -1.75. The number of nitrogens with two attached hydrogens (primary N) is 1. The van der Waals surface area contributed by atoms with E-state index in [1.54, 1.807) is 10.8 Å². The average molecular weight is 279 g/mol. The molecule has 3 nitrogen and oxygen atoms in total. The summed E-state index contributed by atoms with van der Waals surface area (Å²) in [6.07, 6.45) is 3.16. The van der Waals surface area contributed by atoms with E-state index in [4.69, 9.17) is 5.73 Å². The number of aromatic nitrogens is 2. The Morgan fingerprint density at radius 1 is 1.25 bits per heavy atom. The fourth-order valence-corrected chi connectivity index (χ4v) is 2.34. The van der Waals surface area contributed by atoms with Gasteiger partial charge in [0.15, 0.2) is 0 Å². The van der Waals surface area contributed by atoms with Crippen LogP contribution in [0.3, 0.4) is 0 Å². The highest BCUT2D eigenvalue weighted by Crippen LogP contribution is 2.27. The largest absolute Gasteiger partial charge is 0.330 e. The molecule has 108 valence electrons. The Labute approximate surface area is 117 Å². The fraction of sp³-hybridized carbons (Fsp3) is 0.400. The lowest BCUT2D eigenvalue weighted by Gasteiger charge is -2.21. The Morgan fingerprint density at radius 2 is 1.95 bits per heavy atom. The molecule has 0 radical (unpaired) electrons. The van der Waals surface area contributed by atoms with Crippen LogP contribution in [0, 0.1) is 24.5 Å². The third kappa shape index (κ3) is 2.58. The summed E-state index contributed by atoms with van der Waals surface area (Å²) in [7, 11) is 0. The van der Waals surface area contributed by atoms with E-state index in [-0.39, 0.29) is 23.1 Å². The Kier molecular flexibility index (Phi) is 4.18. The van der Waals surface area contributed by atoms with Gasteiger partial charge in [-0.3, -0.25) is 4.57 Å². The van der Waals surface area contributed by atoms with Crippen molar-refractivity contribution in [2.24, 2.45) is 11.7 Å². The molecule has 5 heteroatoms. The summed E-state index contributed by atoms with van der Waals surface area (Å²) in [5.74, 6) is -0.576. The molecule has 1 unspecified atom stereocenters. The van der Waals surface area contributed by atoms with E-state index in [9.17, 15) is 8.78 Å². The second-order valence-electron chi connectivity index (χ2n) is 5.33. The Bertz CT molecular complexity index is 605. The van der Waals surface area contributed by atoms with Gasteiger partial charge in [0.1, 0.15) is 11.6 Å². The van der Waals surface area contributed by atoms with Crippen LogP contribution >= 0.6 is 0 Å². The van der Waals surface area contributed by atoms with Gasteiger partial charge in [-0.25, -0.2) is 13.8 Å². The molecule has 0 spiro atoms. The Balaban J connectivity index is 2.55. The minimum Gasteiger partial charge on any atom is -0.330 e. The van der Waals surface area contributed by atoms with Crippen molar-refractivity contribution >= 4 is 0 Å². The maximum absolute atomic E-state index is 14.1. The highest BCUT2D eigenvalue weighted by molar-refractivity contribution is 5.39. The first-order chi connectivity index (χ1) is 9.45. The molecule has 1 aromatic carbocycles. The normalized spacial score (nSPS) is 12.9. The van der Waals surface area contributed by atoms with Gasteiger partial charge in [-0.15, -0.1) is 0 Å². The molecular formula is C15H19F2N3.